The molecule has 0 amide bonds. The van der Waals surface area contributed by atoms with Crippen LogP contribution in [0.3, 0.4) is 0 Å². The molecule has 1 atom stereocenters. The second kappa shape index (κ2) is 6.26. The predicted molar refractivity (Wildman–Crippen MR) is 79.0 cm³/mol. The van der Waals surface area contributed by atoms with E-state index < -0.39 is 11.2 Å². The molecule has 1 aromatic heterocycles. The number of hydrogen-bond acceptors (Lipinski definition) is 5. The van der Waals surface area contributed by atoms with E-state index in [0.717, 1.165) is 24.2 Å². The van der Waals surface area contributed by atoms with Crippen molar-refractivity contribution < 1.29 is 9.90 Å². The Balaban J connectivity index is 1.62. The van der Waals surface area contributed by atoms with E-state index in [4.69, 9.17) is 0 Å². The van der Waals surface area contributed by atoms with Crippen molar-refractivity contribution in [1.82, 2.24) is 20.2 Å². The lowest BCUT2D eigenvalue weighted by Gasteiger charge is -2.12. The fourth-order valence-corrected chi connectivity index (χ4v) is 3.12. The number of carboxylic acid groups (broad SMARTS) is 1. The number of nitrogens with zero attached hydrogens (tertiary/aromatic N) is 4. The third-order valence-electron chi connectivity index (χ3n) is 3.41. The Morgan fingerprint density at radius 1 is 1.38 bits per heavy atom. The first-order valence-electron chi connectivity index (χ1n) is 6.89. The number of thioether (sulfide) groups is 1. The number of hydrogen-bond donors (Lipinski definition) is 1. The summed E-state index contributed by atoms with van der Waals surface area (Å²) in [5.41, 5.74) is 1.03. The zero-order valence-corrected chi connectivity index (χ0v) is 12.2. The van der Waals surface area contributed by atoms with Crippen molar-refractivity contribution in [3.05, 3.63) is 41.7 Å². The number of tetrazole rings is 1. The standard InChI is InChI=1S/C14H16N4O2S/c19-14(20)12(8-10-4-2-1-3-5-10)21-9-13-15-16-17-18(13)11-6-7-11/h1-5,11-12H,6-9H2,(H,19,20). The molecule has 0 saturated heterocycles. The monoisotopic (exact) mass is 304 g/mol. The number of aromatic nitrogens is 4. The molecule has 3 rings (SSSR count). The molecule has 21 heavy (non-hydrogen) atoms. The summed E-state index contributed by atoms with van der Waals surface area (Å²) in [5, 5.41) is 20.6. The lowest BCUT2D eigenvalue weighted by atomic mass is 10.1. The van der Waals surface area contributed by atoms with Gasteiger partial charge in [0.2, 0.25) is 0 Å². The van der Waals surface area contributed by atoms with Gasteiger partial charge in [0.15, 0.2) is 5.82 Å². The number of carbonyl (C=O) groups is 1. The first kappa shape index (κ1) is 14.1. The molecule has 1 aliphatic rings. The van der Waals surface area contributed by atoms with E-state index in [2.05, 4.69) is 15.5 Å². The molecule has 1 saturated carbocycles. The molecule has 1 unspecified atom stereocenters. The molecule has 1 aromatic carbocycles. The van der Waals surface area contributed by atoms with Gasteiger partial charge in [0.05, 0.1) is 11.8 Å². The zero-order valence-electron chi connectivity index (χ0n) is 11.4. The van der Waals surface area contributed by atoms with E-state index in [0.29, 0.717) is 18.2 Å². The van der Waals surface area contributed by atoms with E-state index in [1.165, 1.54) is 11.8 Å². The van der Waals surface area contributed by atoms with Gasteiger partial charge in [0.25, 0.3) is 0 Å². The third-order valence-corrected chi connectivity index (χ3v) is 4.60. The summed E-state index contributed by atoms with van der Waals surface area (Å²) in [6, 6.07) is 10.1. The van der Waals surface area contributed by atoms with Crippen molar-refractivity contribution in [3.63, 3.8) is 0 Å². The van der Waals surface area contributed by atoms with Crippen LogP contribution in [0.15, 0.2) is 30.3 Å². The number of rotatable bonds is 7. The summed E-state index contributed by atoms with van der Waals surface area (Å²) >= 11 is 1.38. The quantitative estimate of drug-likeness (QED) is 0.842. The Labute approximate surface area is 126 Å². The highest BCUT2D eigenvalue weighted by Crippen LogP contribution is 2.35. The van der Waals surface area contributed by atoms with Gasteiger partial charge in [-0.1, -0.05) is 30.3 Å². The maximum absolute atomic E-state index is 11.4. The molecule has 0 spiro atoms. The summed E-state index contributed by atoms with van der Waals surface area (Å²) in [6.07, 6.45) is 2.72. The average molecular weight is 304 g/mol. The van der Waals surface area contributed by atoms with Gasteiger partial charge in [-0.25, -0.2) is 4.68 Å². The fourth-order valence-electron chi connectivity index (χ4n) is 2.13. The van der Waals surface area contributed by atoms with Crippen LogP contribution in [0.2, 0.25) is 0 Å². The van der Waals surface area contributed by atoms with Gasteiger partial charge in [-0.05, 0) is 35.3 Å². The average Bonchev–Trinajstić information content (AvgIpc) is 3.23. The van der Waals surface area contributed by atoms with Crippen molar-refractivity contribution in [2.45, 2.75) is 36.3 Å². The summed E-state index contributed by atoms with van der Waals surface area (Å²) < 4.78 is 1.83. The Morgan fingerprint density at radius 2 is 2.14 bits per heavy atom. The lowest BCUT2D eigenvalue weighted by molar-refractivity contribution is -0.136. The van der Waals surface area contributed by atoms with Gasteiger partial charge >= 0.3 is 5.97 Å². The van der Waals surface area contributed by atoms with Crippen molar-refractivity contribution in [2.24, 2.45) is 0 Å². The second-order valence-corrected chi connectivity index (χ2v) is 6.29. The SMILES string of the molecule is O=C(O)C(Cc1ccccc1)SCc1nnnn1C1CC1. The molecule has 7 heteroatoms. The minimum absolute atomic E-state index is 0.410. The molecule has 110 valence electrons. The molecular formula is C14H16N4O2S. The van der Waals surface area contributed by atoms with Crippen molar-refractivity contribution in [1.29, 1.82) is 0 Å². The fraction of sp³-hybridized carbons (Fsp3) is 0.429. The summed E-state index contributed by atoms with van der Waals surface area (Å²) in [6.45, 7) is 0. The lowest BCUT2D eigenvalue weighted by Crippen LogP contribution is -2.20. The van der Waals surface area contributed by atoms with Gasteiger partial charge in [-0.3, -0.25) is 4.79 Å². The second-order valence-electron chi connectivity index (χ2n) is 5.10. The van der Waals surface area contributed by atoms with Crippen molar-refractivity contribution in [3.8, 4) is 0 Å². The minimum Gasteiger partial charge on any atom is -0.480 e. The van der Waals surface area contributed by atoms with Crippen LogP contribution >= 0.6 is 11.8 Å². The van der Waals surface area contributed by atoms with Gasteiger partial charge in [-0.2, -0.15) is 0 Å². The maximum Gasteiger partial charge on any atom is 0.316 e. The largest absolute Gasteiger partial charge is 0.480 e. The van der Waals surface area contributed by atoms with Crippen LogP contribution < -0.4 is 0 Å². The Bertz CT molecular complexity index is 612. The Morgan fingerprint density at radius 3 is 2.81 bits per heavy atom. The topological polar surface area (TPSA) is 80.9 Å². The normalized spacial score (nSPS) is 15.8. The first-order valence-corrected chi connectivity index (χ1v) is 7.94. The van der Waals surface area contributed by atoms with Crippen LogP contribution in [0.25, 0.3) is 0 Å². The third kappa shape index (κ3) is 3.60. The molecule has 6 nitrogen and oxygen atoms in total. The van der Waals surface area contributed by atoms with E-state index in [-0.39, 0.29) is 0 Å². The van der Waals surface area contributed by atoms with Crippen LogP contribution in [0, 0.1) is 0 Å². The predicted octanol–water partition coefficient (Wildman–Crippen LogP) is 1.94. The number of benzene rings is 1. The Hall–Kier alpha value is -1.89. The molecule has 0 bridgehead atoms. The van der Waals surface area contributed by atoms with Gasteiger partial charge in [-0.15, -0.1) is 16.9 Å². The molecule has 1 fully saturated rings. The molecule has 0 radical (unpaired) electrons. The van der Waals surface area contributed by atoms with E-state index in [1.807, 2.05) is 35.0 Å². The highest BCUT2D eigenvalue weighted by Gasteiger charge is 2.28. The van der Waals surface area contributed by atoms with Crippen LogP contribution in [-0.4, -0.2) is 36.5 Å². The highest BCUT2D eigenvalue weighted by atomic mass is 32.2. The molecule has 2 aromatic rings. The van der Waals surface area contributed by atoms with E-state index >= 15 is 0 Å². The molecule has 0 aliphatic heterocycles. The first-order chi connectivity index (χ1) is 10.2. The van der Waals surface area contributed by atoms with Gasteiger partial charge in [0.1, 0.15) is 5.25 Å². The molecule has 1 aliphatic carbocycles. The number of carboxylic acids is 1. The Kier molecular flexibility index (Phi) is 4.19. The molecule has 1 N–H and O–H groups in total. The van der Waals surface area contributed by atoms with Gasteiger partial charge in [0, 0.05) is 0 Å². The van der Waals surface area contributed by atoms with Crippen molar-refractivity contribution in [2.75, 3.05) is 0 Å². The minimum atomic E-state index is -0.797. The zero-order chi connectivity index (χ0) is 14.7. The van der Waals surface area contributed by atoms with Crippen molar-refractivity contribution >= 4 is 17.7 Å². The summed E-state index contributed by atoms with van der Waals surface area (Å²) in [4.78, 5) is 11.4. The van der Waals surface area contributed by atoms with Crippen LogP contribution in [0.5, 0.6) is 0 Å². The van der Waals surface area contributed by atoms with E-state index in [1.54, 1.807) is 0 Å². The van der Waals surface area contributed by atoms with Gasteiger partial charge < -0.3 is 5.11 Å². The van der Waals surface area contributed by atoms with Crippen LogP contribution in [0.4, 0.5) is 0 Å². The maximum atomic E-state index is 11.4. The highest BCUT2D eigenvalue weighted by molar-refractivity contribution is 7.99. The summed E-state index contributed by atoms with van der Waals surface area (Å²) in [7, 11) is 0. The van der Waals surface area contributed by atoms with Crippen LogP contribution in [-0.2, 0) is 17.0 Å². The summed E-state index contributed by atoms with van der Waals surface area (Å²) in [5.74, 6) is 0.490. The molecule has 1 heterocycles. The molecular weight excluding hydrogens is 288 g/mol. The van der Waals surface area contributed by atoms with Crippen LogP contribution in [0.1, 0.15) is 30.3 Å². The van der Waals surface area contributed by atoms with E-state index in [9.17, 15) is 9.90 Å². The number of aliphatic carboxylic acids is 1. The smallest absolute Gasteiger partial charge is 0.316 e.